The van der Waals surface area contributed by atoms with Gasteiger partial charge in [-0.25, -0.2) is 0 Å². The van der Waals surface area contributed by atoms with E-state index in [4.69, 9.17) is 0 Å². The van der Waals surface area contributed by atoms with Crippen LogP contribution < -0.4 is 5.32 Å². The van der Waals surface area contributed by atoms with Gasteiger partial charge in [-0.1, -0.05) is 0 Å². The molecule has 2 fully saturated rings. The van der Waals surface area contributed by atoms with Crippen LogP contribution in [0, 0.1) is 5.92 Å². The zero-order valence-corrected chi connectivity index (χ0v) is 8.27. The summed E-state index contributed by atoms with van der Waals surface area (Å²) in [4.78, 5) is 2.45. The molecule has 0 spiro atoms. The third kappa shape index (κ3) is 1.38. The van der Waals surface area contributed by atoms with Crippen molar-refractivity contribution in [2.45, 2.75) is 31.2 Å². The molecule has 1 saturated carbocycles. The second-order valence-corrected chi connectivity index (χ2v) is 4.48. The Bertz CT molecular complexity index is 155. The van der Waals surface area contributed by atoms with Gasteiger partial charge in [0.15, 0.2) is 0 Å². The molecule has 2 rings (SSSR count). The van der Waals surface area contributed by atoms with E-state index in [1.807, 2.05) is 0 Å². The van der Waals surface area contributed by atoms with Crippen LogP contribution in [0.15, 0.2) is 0 Å². The van der Waals surface area contributed by atoms with Crippen LogP contribution in [0.3, 0.4) is 0 Å². The van der Waals surface area contributed by atoms with E-state index < -0.39 is 0 Å². The minimum atomic E-state index is 0.571. The van der Waals surface area contributed by atoms with Crippen LogP contribution >= 0.6 is 0 Å². The van der Waals surface area contributed by atoms with Crippen molar-refractivity contribution in [2.24, 2.45) is 5.92 Å². The molecular formula is C10H20N2. The Morgan fingerprint density at radius 2 is 1.83 bits per heavy atom. The summed E-state index contributed by atoms with van der Waals surface area (Å²) in [6.07, 6.45) is 5.63. The van der Waals surface area contributed by atoms with Crippen LogP contribution in [-0.4, -0.2) is 37.6 Å². The molecule has 0 aromatic rings. The lowest BCUT2D eigenvalue weighted by molar-refractivity contribution is 0.179. The summed E-state index contributed by atoms with van der Waals surface area (Å²) in [6.45, 7) is 2.60. The van der Waals surface area contributed by atoms with Crippen LogP contribution in [0.5, 0.6) is 0 Å². The first-order valence-corrected chi connectivity index (χ1v) is 5.14. The molecule has 0 aromatic heterocycles. The Morgan fingerprint density at radius 1 is 1.25 bits per heavy atom. The van der Waals surface area contributed by atoms with E-state index in [1.54, 1.807) is 0 Å². The molecule has 2 nitrogen and oxygen atoms in total. The lowest BCUT2D eigenvalue weighted by Crippen LogP contribution is -2.42. The van der Waals surface area contributed by atoms with Gasteiger partial charge in [-0.3, -0.25) is 0 Å². The molecule has 1 heterocycles. The second-order valence-electron chi connectivity index (χ2n) is 4.48. The molecule has 1 saturated heterocycles. The van der Waals surface area contributed by atoms with Crippen LogP contribution in [0.2, 0.25) is 0 Å². The predicted octanol–water partition coefficient (Wildman–Crippen LogP) is 1.08. The second kappa shape index (κ2) is 3.00. The fraction of sp³-hybridized carbons (Fsp3) is 1.00. The van der Waals surface area contributed by atoms with Crippen molar-refractivity contribution in [3.63, 3.8) is 0 Å². The van der Waals surface area contributed by atoms with E-state index in [0.29, 0.717) is 5.54 Å². The van der Waals surface area contributed by atoms with Crippen molar-refractivity contribution in [2.75, 3.05) is 27.2 Å². The maximum absolute atomic E-state index is 3.52. The van der Waals surface area contributed by atoms with Crippen molar-refractivity contribution < 1.29 is 0 Å². The third-order valence-electron chi connectivity index (χ3n) is 3.79. The minimum Gasteiger partial charge on any atom is -0.314 e. The summed E-state index contributed by atoms with van der Waals surface area (Å²) in [5.74, 6) is 0.957. The summed E-state index contributed by atoms with van der Waals surface area (Å²) in [5.41, 5.74) is 0.571. The quantitative estimate of drug-likeness (QED) is 0.664. The summed E-state index contributed by atoms with van der Waals surface area (Å²) < 4.78 is 0. The molecule has 1 N–H and O–H groups in total. The van der Waals surface area contributed by atoms with E-state index in [2.05, 4.69) is 24.3 Å². The molecule has 2 aliphatic rings. The van der Waals surface area contributed by atoms with E-state index in [1.165, 1.54) is 38.8 Å². The molecule has 0 atom stereocenters. The van der Waals surface area contributed by atoms with Crippen LogP contribution in [0.1, 0.15) is 25.7 Å². The summed E-state index contributed by atoms with van der Waals surface area (Å²) in [5, 5.41) is 3.52. The average Bonchev–Trinajstić information content (AvgIpc) is 2.86. The standard InChI is InChI=1S/C10H20N2/c1-11-10(5-6-10)9-3-7-12(2)8-4-9/h9,11H,3-8H2,1-2H3. The van der Waals surface area contributed by atoms with Gasteiger partial charge >= 0.3 is 0 Å². The first-order chi connectivity index (χ1) is 5.77. The van der Waals surface area contributed by atoms with E-state index in [-0.39, 0.29) is 0 Å². The average molecular weight is 168 g/mol. The highest BCUT2D eigenvalue weighted by Crippen LogP contribution is 2.45. The highest BCUT2D eigenvalue weighted by Gasteiger charge is 2.47. The summed E-state index contributed by atoms with van der Waals surface area (Å²) in [6, 6.07) is 0. The first kappa shape index (κ1) is 8.52. The molecule has 0 unspecified atom stereocenters. The monoisotopic (exact) mass is 168 g/mol. The highest BCUT2D eigenvalue weighted by atomic mass is 15.1. The highest BCUT2D eigenvalue weighted by molar-refractivity contribution is 5.06. The van der Waals surface area contributed by atoms with E-state index >= 15 is 0 Å². The lowest BCUT2D eigenvalue weighted by Gasteiger charge is -2.34. The molecule has 12 heavy (non-hydrogen) atoms. The van der Waals surface area contributed by atoms with Crippen molar-refractivity contribution >= 4 is 0 Å². The Kier molecular flexibility index (Phi) is 2.13. The van der Waals surface area contributed by atoms with E-state index in [9.17, 15) is 0 Å². The van der Waals surface area contributed by atoms with Gasteiger partial charge in [0.05, 0.1) is 0 Å². The number of hydrogen-bond donors (Lipinski definition) is 1. The molecule has 0 radical (unpaired) electrons. The smallest absolute Gasteiger partial charge is 0.0209 e. The minimum absolute atomic E-state index is 0.571. The molecular weight excluding hydrogens is 148 g/mol. The molecule has 70 valence electrons. The van der Waals surface area contributed by atoms with Gasteiger partial charge in [0.25, 0.3) is 0 Å². The van der Waals surface area contributed by atoms with Crippen LogP contribution in [0.25, 0.3) is 0 Å². The Hall–Kier alpha value is -0.0800. The summed E-state index contributed by atoms with van der Waals surface area (Å²) >= 11 is 0. The van der Waals surface area contributed by atoms with Gasteiger partial charge in [0.1, 0.15) is 0 Å². The largest absolute Gasteiger partial charge is 0.314 e. The van der Waals surface area contributed by atoms with Gasteiger partial charge in [-0.15, -0.1) is 0 Å². The van der Waals surface area contributed by atoms with Gasteiger partial charge in [-0.05, 0) is 58.8 Å². The Morgan fingerprint density at radius 3 is 2.25 bits per heavy atom. The van der Waals surface area contributed by atoms with Gasteiger partial charge in [0.2, 0.25) is 0 Å². The van der Waals surface area contributed by atoms with Crippen molar-refractivity contribution in [3.8, 4) is 0 Å². The maximum atomic E-state index is 3.52. The molecule has 1 aliphatic heterocycles. The van der Waals surface area contributed by atoms with Crippen molar-refractivity contribution in [1.82, 2.24) is 10.2 Å². The third-order valence-corrected chi connectivity index (χ3v) is 3.79. The van der Waals surface area contributed by atoms with Crippen LogP contribution in [-0.2, 0) is 0 Å². The number of hydrogen-bond acceptors (Lipinski definition) is 2. The fourth-order valence-corrected chi connectivity index (χ4v) is 2.56. The predicted molar refractivity (Wildman–Crippen MR) is 51.2 cm³/mol. The van der Waals surface area contributed by atoms with Gasteiger partial charge in [0, 0.05) is 5.54 Å². The van der Waals surface area contributed by atoms with Crippen LogP contribution in [0.4, 0.5) is 0 Å². The zero-order valence-electron chi connectivity index (χ0n) is 8.27. The van der Waals surface area contributed by atoms with Gasteiger partial charge < -0.3 is 10.2 Å². The Balaban J connectivity index is 1.89. The fourth-order valence-electron chi connectivity index (χ4n) is 2.56. The van der Waals surface area contributed by atoms with Crippen molar-refractivity contribution in [1.29, 1.82) is 0 Å². The number of nitrogens with one attached hydrogen (secondary N) is 1. The normalized spacial score (nSPS) is 30.5. The number of likely N-dealkylation sites (tertiary alicyclic amines) is 1. The number of nitrogens with zero attached hydrogens (tertiary/aromatic N) is 1. The molecule has 1 aliphatic carbocycles. The van der Waals surface area contributed by atoms with Crippen molar-refractivity contribution in [3.05, 3.63) is 0 Å². The van der Waals surface area contributed by atoms with E-state index in [0.717, 1.165) is 5.92 Å². The molecule has 2 heteroatoms. The summed E-state index contributed by atoms with van der Waals surface area (Å²) in [7, 11) is 4.36. The molecule has 0 amide bonds. The zero-order chi connectivity index (χ0) is 8.60. The molecule has 0 bridgehead atoms. The lowest BCUT2D eigenvalue weighted by atomic mass is 9.87. The first-order valence-electron chi connectivity index (χ1n) is 5.14. The number of piperidine rings is 1. The van der Waals surface area contributed by atoms with Gasteiger partial charge in [-0.2, -0.15) is 0 Å². The maximum Gasteiger partial charge on any atom is 0.0209 e. The molecule has 0 aromatic carbocycles. The number of rotatable bonds is 2. The Labute approximate surface area is 75.3 Å². The SMILES string of the molecule is CNC1(C2CCN(C)CC2)CC1. The topological polar surface area (TPSA) is 15.3 Å².